The molecule has 0 saturated carbocycles. The predicted octanol–water partition coefficient (Wildman–Crippen LogP) is 4.50. The van der Waals surface area contributed by atoms with Crippen LogP contribution in [0.2, 0.25) is 0 Å². The molecule has 2 rings (SSSR count). The molecule has 2 N–H and O–H groups in total. The second kappa shape index (κ2) is 10.3. The molecule has 0 fully saturated rings. The van der Waals surface area contributed by atoms with Crippen molar-refractivity contribution in [3.8, 4) is 0 Å². The van der Waals surface area contributed by atoms with Crippen molar-refractivity contribution in [2.24, 2.45) is 0 Å². The van der Waals surface area contributed by atoms with Crippen LogP contribution >= 0.6 is 11.3 Å². The van der Waals surface area contributed by atoms with Crippen LogP contribution < -0.4 is 10.6 Å². The Labute approximate surface area is 165 Å². The van der Waals surface area contributed by atoms with Gasteiger partial charge in [0.05, 0.1) is 18.9 Å². The maximum atomic E-state index is 11.5. The number of nitrogens with one attached hydrogen (secondary N) is 2. The van der Waals surface area contributed by atoms with Crippen molar-refractivity contribution in [1.82, 2.24) is 10.3 Å². The molecule has 1 aromatic heterocycles. The number of thiazole rings is 1. The molecule has 0 spiro atoms. The fourth-order valence-electron chi connectivity index (χ4n) is 2.28. The van der Waals surface area contributed by atoms with Gasteiger partial charge in [0.2, 0.25) is 0 Å². The van der Waals surface area contributed by atoms with E-state index in [-0.39, 0.29) is 6.09 Å². The molecule has 1 heterocycles. The van der Waals surface area contributed by atoms with Crippen LogP contribution in [0.1, 0.15) is 44.0 Å². The molecule has 0 radical (unpaired) electrons. The quantitative estimate of drug-likeness (QED) is 0.616. The van der Waals surface area contributed by atoms with Crippen molar-refractivity contribution in [3.63, 3.8) is 0 Å². The van der Waals surface area contributed by atoms with Gasteiger partial charge in [-0.2, -0.15) is 0 Å². The van der Waals surface area contributed by atoms with Crippen LogP contribution in [0.3, 0.4) is 0 Å². The average molecular weight is 392 g/mol. The number of rotatable bonds is 9. The smallest absolute Gasteiger partial charge is 0.407 e. The van der Waals surface area contributed by atoms with Gasteiger partial charge >= 0.3 is 6.09 Å². The molecule has 7 heteroatoms. The third-order valence-corrected chi connectivity index (χ3v) is 4.47. The van der Waals surface area contributed by atoms with Crippen LogP contribution in [0.4, 0.5) is 9.93 Å². The van der Waals surface area contributed by atoms with Gasteiger partial charge in [-0.1, -0.05) is 24.3 Å². The van der Waals surface area contributed by atoms with Gasteiger partial charge in [-0.3, -0.25) is 0 Å². The van der Waals surface area contributed by atoms with E-state index in [4.69, 9.17) is 9.47 Å². The molecule has 0 bridgehead atoms. The Balaban J connectivity index is 1.60. The summed E-state index contributed by atoms with van der Waals surface area (Å²) in [6.45, 7) is 9.99. The summed E-state index contributed by atoms with van der Waals surface area (Å²) in [5, 5.41) is 8.87. The third kappa shape index (κ3) is 8.41. The highest BCUT2D eigenvalue weighted by molar-refractivity contribution is 7.13. The lowest BCUT2D eigenvalue weighted by Gasteiger charge is -2.19. The topological polar surface area (TPSA) is 72.5 Å². The Hall–Kier alpha value is -2.12. The number of alkyl carbamates (subject to hydrolysis) is 1. The number of anilines is 1. The molecule has 0 aliphatic carbocycles. The van der Waals surface area contributed by atoms with Crippen molar-refractivity contribution in [2.45, 2.75) is 52.9 Å². The number of carbonyl (C=O) groups excluding carboxylic acids is 1. The van der Waals surface area contributed by atoms with Crippen LogP contribution in [0.15, 0.2) is 29.6 Å². The molecule has 0 unspecified atom stereocenters. The molecule has 6 nitrogen and oxygen atoms in total. The number of ether oxygens (including phenoxy) is 2. The summed E-state index contributed by atoms with van der Waals surface area (Å²) >= 11 is 1.56. The second-order valence-electron chi connectivity index (χ2n) is 7.27. The molecular formula is C20H29N3O3S. The highest BCUT2D eigenvalue weighted by atomic mass is 32.1. The minimum absolute atomic E-state index is 0.384. The molecule has 27 heavy (non-hydrogen) atoms. The summed E-state index contributed by atoms with van der Waals surface area (Å²) in [7, 11) is 0. The van der Waals surface area contributed by atoms with Crippen LogP contribution in [0.25, 0.3) is 0 Å². The standard InChI is InChI=1S/C20H29N3O3S/c1-15-8-5-6-9-16(15)12-25-13-17-14-27-18(23-17)21-10-7-11-22-19(24)26-20(2,3)4/h5-6,8-9,14H,7,10-13H2,1-4H3,(H,21,23)(H,22,24). The number of nitrogens with zero attached hydrogens (tertiary/aromatic N) is 1. The van der Waals surface area contributed by atoms with Crippen LogP contribution in [0.5, 0.6) is 0 Å². The number of aromatic nitrogens is 1. The molecule has 1 aromatic carbocycles. The molecular weight excluding hydrogens is 362 g/mol. The predicted molar refractivity (Wildman–Crippen MR) is 109 cm³/mol. The molecule has 148 valence electrons. The lowest BCUT2D eigenvalue weighted by Crippen LogP contribution is -2.33. The molecule has 1 amide bonds. The summed E-state index contributed by atoms with van der Waals surface area (Å²) in [6.07, 6.45) is 0.405. The summed E-state index contributed by atoms with van der Waals surface area (Å²) in [4.78, 5) is 16.1. The molecule has 0 aliphatic heterocycles. The first-order valence-electron chi connectivity index (χ1n) is 9.11. The third-order valence-electron chi connectivity index (χ3n) is 3.62. The molecule has 0 aliphatic rings. The molecule has 0 atom stereocenters. The van der Waals surface area contributed by atoms with E-state index in [0.717, 1.165) is 23.8 Å². The Bertz CT molecular complexity index is 725. The van der Waals surface area contributed by atoms with E-state index in [1.54, 1.807) is 11.3 Å². The van der Waals surface area contributed by atoms with Crippen LogP contribution in [-0.2, 0) is 22.7 Å². The fraction of sp³-hybridized carbons (Fsp3) is 0.500. The first kappa shape index (κ1) is 21.2. The number of hydrogen-bond donors (Lipinski definition) is 2. The van der Waals surface area contributed by atoms with E-state index in [2.05, 4.69) is 34.7 Å². The Morgan fingerprint density at radius 3 is 2.70 bits per heavy atom. The van der Waals surface area contributed by atoms with Crippen molar-refractivity contribution in [1.29, 1.82) is 0 Å². The lowest BCUT2D eigenvalue weighted by molar-refractivity contribution is 0.0528. The van der Waals surface area contributed by atoms with E-state index < -0.39 is 5.60 Å². The van der Waals surface area contributed by atoms with Gasteiger partial charge in [0.15, 0.2) is 5.13 Å². The van der Waals surface area contributed by atoms with Gasteiger partial charge in [0.1, 0.15) is 5.60 Å². The lowest BCUT2D eigenvalue weighted by atomic mass is 10.1. The van der Waals surface area contributed by atoms with Gasteiger partial charge in [-0.05, 0) is 45.2 Å². The monoisotopic (exact) mass is 391 g/mol. The maximum Gasteiger partial charge on any atom is 0.407 e. The number of amides is 1. The first-order valence-corrected chi connectivity index (χ1v) is 9.99. The highest BCUT2D eigenvalue weighted by Crippen LogP contribution is 2.17. The summed E-state index contributed by atoms with van der Waals surface area (Å²) < 4.78 is 11.0. The van der Waals surface area contributed by atoms with Crippen molar-refractivity contribution >= 4 is 22.6 Å². The van der Waals surface area contributed by atoms with E-state index in [9.17, 15) is 4.79 Å². The Morgan fingerprint density at radius 2 is 1.96 bits per heavy atom. The summed E-state index contributed by atoms with van der Waals surface area (Å²) in [5.41, 5.74) is 2.88. The molecule has 2 aromatic rings. The van der Waals surface area contributed by atoms with Crippen LogP contribution in [-0.4, -0.2) is 29.8 Å². The van der Waals surface area contributed by atoms with Gasteiger partial charge < -0.3 is 20.1 Å². The summed E-state index contributed by atoms with van der Waals surface area (Å²) in [5.74, 6) is 0. The molecule has 0 saturated heterocycles. The minimum atomic E-state index is -0.471. The normalized spacial score (nSPS) is 11.3. The number of hydrogen-bond acceptors (Lipinski definition) is 6. The van der Waals surface area contributed by atoms with Crippen molar-refractivity contribution in [2.75, 3.05) is 18.4 Å². The number of aryl methyl sites for hydroxylation is 1. The zero-order valence-electron chi connectivity index (χ0n) is 16.5. The largest absolute Gasteiger partial charge is 0.444 e. The van der Waals surface area contributed by atoms with E-state index in [0.29, 0.717) is 19.8 Å². The van der Waals surface area contributed by atoms with Crippen molar-refractivity contribution < 1.29 is 14.3 Å². The average Bonchev–Trinajstić information content (AvgIpc) is 3.02. The minimum Gasteiger partial charge on any atom is -0.444 e. The van der Waals surface area contributed by atoms with Crippen molar-refractivity contribution in [3.05, 3.63) is 46.5 Å². The van der Waals surface area contributed by atoms with E-state index >= 15 is 0 Å². The Kier molecular flexibility index (Phi) is 8.06. The van der Waals surface area contributed by atoms with E-state index in [1.807, 2.05) is 38.3 Å². The maximum absolute atomic E-state index is 11.5. The van der Waals surface area contributed by atoms with Gasteiger partial charge in [-0.15, -0.1) is 11.3 Å². The SMILES string of the molecule is Cc1ccccc1COCc1csc(NCCCNC(=O)OC(C)(C)C)n1. The highest BCUT2D eigenvalue weighted by Gasteiger charge is 2.15. The zero-order valence-corrected chi connectivity index (χ0v) is 17.3. The summed E-state index contributed by atoms with van der Waals surface area (Å²) in [6, 6.07) is 8.21. The number of benzene rings is 1. The zero-order chi connectivity index (χ0) is 19.7. The van der Waals surface area contributed by atoms with Gasteiger partial charge in [0.25, 0.3) is 0 Å². The number of carbonyl (C=O) groups is 1. The van der Waals surface area contributed by atoms with E-state index in [1.165, 1.54) is 11.1 Å². The van der Waals surface area contributed by atoms with Gasteiger partial charge in [0, 0.05) is 18.5 Å². The Morgan fingerprint density at radius 1 is 1.19 bits per heavy atom. The van der Waals surface area contributed by atoms with Crippen LogP contribution in [0, 0.1) is 6.92 Å². The first-order chi connectivity index (χ1) is 12.8. The van der Waals surface area contributed by atoms with Gasteiger partial charge in [-0.25, -0.2) is 9.78 Å². The fourth-order valence-corrected chi connectivity index (χ4v) is 3.00. The second-order valence-corrected chi connectivity index (χ2v) is 8.13.